The topological polar surface area (TPSA) is 86.8 Å². The van der Waals surface area contributed by atoms with E-state index in [1.807, 2.05) is 0 Å². The van der Waals surface area contributed by atoms with Crippen molar-refractivity contribution in [3.05, 3.63) is 34.3 Å². The first-order chi connectivity index (χ1) is 12.8. The molecule has 2 aliphatic heterocycles. The van der Waals surface area contributed by atoms with Gasteiger partial charge in [-0.15, -0.1) is 0 Å². The summed E-state index contributed by atoms with van der Waals surface area (Å²) in [5.41, 5.74) is 0.561. The second-order valence-corrected chi connectivity index (χ2v) is 10.1. The minimum absolute atomic E-state index is 0.0183. The lowest BCUT2D eigenvalue weighted by molar-refractivity contribution is -0.133. The van der Waals surface area contributed by atoms with E-state index in [9.17, 15) is 18.0 Å². The fourth-order valence-corrected chi connectivity index (χ4v) is 5.57. The van der Waals surface area contributed by atoms with Crippen LogP contribution in [0, 0.1) is 0 Å². The Hall–Kier alpha value is -1.45. The first-order valence-corrected chi connectivity index (χ1v) is 11.7. The summed E-state index contributed by atoms with van der Waals surface area (Å²) in [7, 11) is -2.89. The predicted octanol–water partition coefficient (Wildman–Crippen LogP) is 0.900. The van der Waals surface area contributed by atoms with Gasteiger partial charge >= 0.3 is 0 Å². The molecule has 0 spiro atoms. The Kier molecular flexibility index (Phi) is 6.54. The lowest BCUT2D eigenvalue weighted by Crippen LogP contribution is -2.52. The van der Waals surface area contributed by atoms with Crippen LogP contribution in [0.3, 0.4) is 0 Å². The van der Waals surface area contributed by atoms with Crippen molar-refractivity contribution in [2.24, 2.45) is 0 Å². The molecule has 2 saturated heterocycles. The highest BCUT2D eigenvalue weighted by Gasteiger charge is 2.34. The SMILES string of the molecule is O=C(NCCC(=O)N1CCN(C2CCS(=O)(=O)C2)CC1)c1ccc(Br)cc1. The quantitative estimate of drug-likeness (QED) is 0.709. The highest BCUT2D eigenvalue weighted by Crippen LogP contribution is 2.19. The van der Waals surface area contributed by atoms with Crippen LogP contribution in [0.5, 0.6) is 0 Å². The highest BCUT2D eigenvalue weighted by atomic mass is 79.9. The summed E-state index contributed by atoms with van der Waals surface area (Å²) in [5.74, 6) is 0.338. The fourth-order valence-electron chi connectivity index (χ4n) is 3.54. The van der Waals surface area contributed by atoms with Crippen molar-refractivity contribution in [3.63, 3.8) is 0 Å². The molecule has 1 atom stereocenters. The monoisotopic (exact) mass is 457 g/mol. The summed E-state index contributed by atoms with van der Waals surface area (Å²) >= 11 is 3.33. The number of piperazine rings is 1. The van der Waals surface area contributed by atoms with E-state index < -0.39 is 9.84 Å². The molecule has 2 amide bonds. The third-order valence-corrected chi connectivity index (χ3v) is 7.40. The van der Waals surface area contributed by atoms with Crippen LogP contribution in [-0.2, 0) is 14.6 Å². The van der Waals surface area contributed by atoms with Gasteiger partial charge in [0, 0.05) is 55.2 Å². The van der Waals surface area contributed by atoms with Crippen molar-refractivity contribution < 1.29 is 18.0 Å². The molecule has 27 heavy (non-hydrogen) atoms. The van der Waals surface area contributed by atoms with Gasteiger partial charge in [-0.25, -0.2) is 8.42 Å². The van der Waals surface area contributed by atoms with Gasteiger partial charge in [-0.3, -0.25) is 14.5 Å². The molecule has 1 N–H and O–H groups in total. The van der Waals surface area contributed by atoms with Gasteiger partial charge in [-0.1, -0.05) is 15.9 Å². The first-order valence-electron chi connectivity index (χ1n) is 9.10. The van der Waals surface area contributed by atoms with Crippen molar-refractivity contribution in [2.45, 2.75) is 18.9 Å². The van der Waals surface area contributed by atoms with E-state index in [0.717, 1.165) is 4.47 Å². The second-order valence-electron chi connectivity index (χ2n) is 6.99. The molecule has 148 valence electrons. The maximum Gasteiger partial charge on any atom is 0.251 e. The number of benzene rings is 1. The Bertz CT molecular complexity index is 789. The first kappa shape index (κ1) is 20.3. The molecule has 0 aliphatic carbocycles. The number of hydrogen-bond acceptors (Lipinski definition) is 5. The Balaban J connectivity index is 1.38. The van der Waals surface area contributed by atoms with Gasteiger partial charge in [0.05, 0.1) is 11.5 Å². The van der Waals surface area contributed by atoms with Crippen molar-refractivity contribution in [1.82, 2.24) is 15.1 Å². The van der Waals surface area contributed by atoms with E-state index in [-0.39, 0.29) is 35.8 Å². The van der Waals surface area contributed by atoms with Crippen LogP contribution in [0.4, 0.5) is 0 Å². The van der Waals surface area contributed by atoms with Crippen LogP contribution in [0.15, 0.2) is 28.7 Å². The van der Waals surface area contributed by atoms with Crippen molar-refractivity contribution in [2.75, 3.05) is 44.2 Å². The Morgan fingerprint density at radius 2 is 1.78 bits per heavy atom. The summed E-state index contributed by atoms with van der Waals surface area (Å²) < 4.78 is 24.1. The molecule has 1 aromatic rings. The van der Waals surface area contributed by atoms with E-state index in [2.05, 4.69) is 26.1 Å². The van der Waals surface area contributed by atoms with E-state index >= 15 is 0 Å². The standard InChI is InChI=1S/C18H24BrN3O4S/c19-15-3-1-14(2-4-15)18(24)20-7-5-17(23)22-10-8-21(9-11-22)16-6-12-27(25,26)13-16/h1-4,16H,5-13H2,(H,20,24). The molecule has 2 heterocycles. The van der Waals surface area contributed by atoms with E-state index in [1.54, 1.807) is 29.2 Å². The minimum Gasteiger partial charge on any atom is -0.352 e. The largest absolute Gasteiger partial charge is 0.352 e. The molecular weight excluding hydrogens is 434 g/mol. The summed E-state index contributed by atoms with van der Waals surface area (Å²) in [6.45, 7) is 2.93. The molecule has 2 fully saturated rings. The summed E-state index contributed by atoms with van der Waals surface area (Å²) in [5, 5.41) is 2.77. The molecule has 0 bridgehead atoms. The van der Waals surface area contributed by atoms with Crippen LogP contribution >= 0.6 is 15.9 Å². The summed E-state index contributed by atoms with van der Waals surface area (Å²) in [6, 6.07) is 7.15. The highest BCUT2D eigenvalue weighted by molar-refractivity contribution is 9.10. The van der Waals surface area contributed by atoms with Gasteiger partial charge in [0.15, 0.2) is 9.84 Å². The number of nitrogens with zero attached hydrogens (tertiary/aromatic N) is 2. The van der Waals surface area contributed by atoms with Crippen LogP contribution in [-0.4, -0.2) is 80.3 Å². The van der Waals surface area contributed by atoms with Gasteiger partial charge in [0.1, 0.15) is 0 Å². The van der Waals surface area contributed by atoms with E-state index in [0.29, 0.717) is 44.7 Å². The molecule has 0 radical (unpaired) electrons. The molecule has 1 unspecified atom stereocenters. The second kappa shape index (κ2) is 8.70. The molecule has 2 aliphatic rings. The zero-order valence-electron chi connectivity index (χ0n) is 15.1. The van der Waals surface area contributed by atoms with E-state index in [1.165, 1.54) is 0 Å². The number of sulfone groups is 1. The molecule has 0 aromatic heterocycles. The van der Waals surface area contributed by atoms with Gasteiger partial charge in [0.2, 0.25) is 5.91 Å². The maximum absolute atomic E-state index is 12.3. The molecule has 0 saturated carbocycles. The fraction of sp³-hybridized carbons (Fsp3) is 0.556. The van der Waals surface area contributed by atoms with Gasteiger partial charge in [0.25, 0.3) is 5.91 Å². The lowest BCUT2D eigenvalue weighted by atomic mass is 10.2. The molecule has 3 rings (SSSR count). The average Bonchev–Trinajstić information content (AvgIpc) is 3.02. The van der Waals surface area contributed by atoms with Gasteiger partial charge in [-0.2, -0.15) is 0 Å². The number of carbonyl (C=O) groups excluding carboxylic acids is 2. The number of amides is 2. The smallest absolute Gasteiger partial charge is 0.251 e. The summed E-state index contributed by atoms with van der Waals surface area (Å²) in [4.78, 5) is 28.4. The van der Waals surface area contributed by atoms with Gasteiger partial charge < -0.3 is 10.2 Å². The zero-order valence-corrected chi connectivity index (χ0v) is 17.5. The third kappa shape index (κ3) is 5.52. The molecule has 9 heteroatoms. The van der Waals surface area contributed by atoms with E-state index in [4.69, 9.17) is 0 Å². The van der Waals surface area contributed by atoms with Crippen molar-refractivity contribution >= 4 is 37.6 Å². The summed E-state index contributed by atoms with van der Waals surface area (Å²) in [6.07, 6.45) is 0.957. The number of hydrogen-bond donors (Lipinski definition) is 1. The van der Waals surface area contributed by atoms with Crippen LogP contribution in [0.2, 0.25) is 0 Å². The normalized spacial score (nSPS) is 22.6. The minimum atomic E-state index is -2.89. The van der Waals surface area contributed by atoms with Crippen molar-refractivity contribution in [3.8, 4) is 0 Å². The van der Waals surface area contributed by atoms with Crippen LogP contribution < -0.4 is 5.32 Å². The number of rotatable bonds is 5. The van der Waals surface area contributed by atoms with Crippen molar-refractivity contribution in [1.29, 1.82) is 0 Å². The molecule has 1 aromatic carbocycles. The predicted molar refractivity (Wildman–Crippen MR) is 106 cm³/mol. The molecule has 7 nitrogen and oxygen atoms in total. The Labute approximate surface area is 168 Å². The van der Waals surface area contributed by atoms with Crippen LogP contribution in [0.25, 0.3) is 0 Å². The molecular formula is C18H24BrN3O4S. The Morgan fingerprint density at radius 1 is 1.11 bits per heavy atom. The van der Waals surface area contributed by atoms with Crippen LogP contribution in [0.1, 0.15) is 23.2 Å². The van der Waals surface area contributed by atoms with Gasteiger partial charge in [-0.05, 0) is 30.7 Å². The number of carbonyl (C=O) groups is 2. The number of halogens is 1. The third-order valence-electron chi connectivity index (χ3n) is 5.12. The zero-order chi connectivity index (χ0) is 19.4. The average molecular weight is 458 g/mol. The maximum atomic E-state index is 12.3. The number of nitrogens with one attached hydrogen (secondary N) is 1. The Morgan fingerprint density at radius 3 is 2.37 bits per heavy atom. The lowest BCUT2D eigenvalue weighted by Gasteiger charge is -2.37.